The van der Waals surface area contributed by atoms with Gasteiger partial charge in [-0.15, -0.1) is 0 Å². The van der Waals surface area contributed by atoms with E-state index in [2.05, 4.69) is 41.6 Å². The van der Waals surface area contributed by atoms with Gasteiger partial charge in [0.2, 0.25) is 0 Å². The number of aromatic nitrogens is 2. The van der Waals surface area contributed by atoms with Crippen LogP contribution in [0.5, 0.6) is 0 Å². The van der Waals surface area contributed by atoms with Crippen LogP contribution in [0.3, 0.4) is 0 Å². The molecule has 1 atom stereocenters. The molecule has 3 nitrogen and oxygen atoms in total. The smallest absolute Gasteiger partial charge is 0.0957 e. The van der Waals surface area contributed by atoms with Crippen molar-refractivity contribution in [3.63, 3.8) is 0 Å². The second kappa shape index (κ2) is 3.28. The normalized spacial score (nSPS) is 25.5. The van der Waals surface area contributed by atoms with E-state index in [0.717, 1.165) is 18.5 Å². The summed E-state index contributed by atoms with van der Waals surface area (Å²) >= 11 is 0. The minimum atomic E-state index is -0.633. The fourth-order valence-electron chi connectivity index (χ4n) is 4.18. The average Bonchev–Trinajstić information content (AvgIpc) is 2.84. The first-order valence-corrected chi connectivity index (χ1v) is 6.84. The molecule has 2 aliphatic rings. The molecule has 1 aromatic carbocycles. The zero-order chi connectivity index (χ0) is 13.3. The van der Waals surface area contributed by atoms with Crippen LogP contribution in [0.25, 0.3) is 11.3 Å². The summed E-state index contributed by atoms with van der Waals surface area (Å²) in [6.45, 7) is 4.44. The van der Waals surface area contributed by atoms with E-state index in [9.17, 15) is 5.11 Å². The van der Waals surface area contributed by atoms with Gasteiger partial charge in [-0.05, 0) is 23.8 Å². The largest absolute Gasteiger partial charge is 0.387 e. The summed E-state index contributed by atoms with van der Waals surface area (Å²) in [5, 5.41) is 11.0. The highest BCUT2D eigenvalue weighted by atomic mass is 16.3. The second-order valence-corrected chi connectivity index (χ2v) is 6.80. The number of hydrogen-bond donors (Lipinski definition) is 1. The van der Waals surface area contributed by atoms with Crippen molar-refractivity contribution in [3.05, 3.63) is 42.4 Å². The third kappa shape index (κ3) is 1.39. The van der Waals surface area contributed by atoms with E-state index in [4.69, 9.17) is 0 Å². The molecule has 1 N–H and O–H groups in total. The summed E-state index contributed by atoms with van der Waals surface area (Å²) in [6, 6.07) is 8.38. The number of fused-ring (bicyclic) bond motifs is 3. The van der Waals surface area contributed by atoms with E-state index in [0.29, 0.717) is 0 Å². The lowest BCUT2D eigenvalue weighted by Crippen LogP contribution is -2.54. The number of hydrogen-bond acceptors (Lipinski definition) is 2. The van der Waals surface area contributed by atoms with Gasteiger partial charge < -0.3 is 9.67 Å². The zero-order valence-corrected chi connectivity index (χ0v) is 11.3. The lowest BCUT2D eigenvalue weighted by molar-refractivity contribution is -0.134. The Balaban J connectivity index is 1.86. The van der Waals surface area contributed by atoms with Gasteiger partial charge in [0.05, 0.1) is 29.9 Å². The Kier molecular flexibility index (Phi) is 1.94. The van der Waals surface area contributed by atoms with Crippen LogP contribution in [-0.2, 0) is 0 Å². The SMILES string of the molecule is CC1(C)CC(O)(C2c3ccccc3-c3cncn32)C1. The van der Waals surface area contributed by atoms with Crippen LogP contribution in [0, 0.1) is 5.41 Å². The number of rotatable bonds is 1. The second-order valence-electron chi connectivity index (χ2n) is 6.80. The van der Waals surface area contributed by atoms with Crippen LogP contribution in [-0.4, -0.2) is 20.3 Å². The molecule has 0 spiro atoms. The van der Waals surface area contributed by atoms with Crippen molar-refractivity contribution in [3.8, 4) is 11.3 Å². The van der Waals surface area contributed by atoms with Gasteiger partial charge in [-0.25, -0.2) is 4.98 Å². The fraction of sp³-hybridized carbons (Fsp3) is 0.438. The minimum Gasteiger partial charge on any atom is -0.387 e. The van der Waals surface area contributed by atoms with Crippen molar-refractivity contribution in [1.82, 2.24) is 9.55 Å². The maximum Gasteiger partial charge on any atom is 0.0957 e. The molecule has 0 radical (unpaired) electrons. The number of benzene rings is 1. The minimum absolute atomic E-state index is 0.0224. The molecule has 1 saturated carbocycles. The van der Waals surface area contributed by atoms with Crippen LogP contribution in [0.1, 0.15) is 38.3 Å². The highest BCUT2D eigenvalue weighted by Crippen LogP contribution is 2.57. The van der Waals surface area contributed by atoms with Crippen molar-refractivity contribution in [2.45, 2.75) is 38.3 Å². The highest BCUT2D eigenvalue weighted by molar-refractivity contribution is 5.69. The van der Waals surface area contributed by atoms with Gasteiger partial charge in [0.1, 0.15) is 0 Å². The molecule has 1 unspecified atom stereocenters. The van der Waals surface area contributed by atoms with Crippen LogP contribution in [0.2, 0.25) is 0 Å². The Morgan fingerprint density at radius 1 is 1.26 bits per heavy atom. The number of imidazole rings is 1. The predicted octanol–water partition coefficient (Wildman–Crippen LogP) is 3.00. The molecular formula is C16H18N2O. The molecule has 1 aliphatic heterocycles. The van der Waals surface area contributed by atoms with Crippen LogP contribution >= 0.6 is 0 Å². The Morgan fingerprint density at radius 3 is 2.74 bits per heavy atom. The fourth-order valence-corrected chi connectivity index (χ4v) is 4.18. The zero-order valence-electron chi connectivity index (χ0n) is 11.3. The standard InChI is InChI=1S/C16H18N2O/c1-15(2)8-16(19,9-15)14-12-6-4-3-5-11(12)13-7-17-10-18(13)14/h3-7,10,14,19H,8-9H2,1-2H3. The summed E-state index contributed by atoms with van der Waals surface area (Å²) in [5.74, 6) is 0. The van der Waals surface area contributed by atoms with Crippen molar-refractivity contribution < 1.29 is 5.11 Å². The molecule has 0 saturated heterocycles. The summed E-state index contributed by atoms with van der Waals surface area (Å²) < 4.78 is 2.14. The lowest BCUT2D eigenvalue weighted by atomic mass is 9.58. The first kappa shape index (κ1) is 11.2. The third-order valence-corrected chi connectivity index (χ3v) is 4.55. The molecule has 2 heterocycles. The highest BCUT2D eigenvalue weighted by Gasteiger charge is 2.55. The van der Waals surface area contributed by atoms with E-state index >= 15 is 0 Å². The van der Waals surface area contributed by atoms with Crippen LogP contribution in [0.15, 0.2) is 36.8 Å². The number of nitrogens with zero attached hydrogens (tertiary/aromatic N) is 2. The van der Waals surface area contributed by atoms with Crippen molar-refractivity contribution >= 4 is 0 Å². The Hall–Kier alpha value is -1.61. The maximum absolute atomic E-state index is 11.0. The Bertz CT molecular complexity index is 648. The quantitative estimate of drug-likeness (QED) is 0.849. The third-order valence-electron chi connectivity index (χ3n) is 4.55. The van der Waals surface area contributed by atoms with E-state index in [1.165, 1.54) is 11.1 Å². The van der Waals surface area contributed by atoms with Gasteiger partial charge in [-0.1, -0.05) is 38.1 Å². The maximum atomic E-state index is 11.0. The van der Waals surface area contributed by atoms with Gasteiger partial charge in [-0.2, -0.15) is 0 Å². The van der Waals surface area contributed by atoms with E-state index in [1.54, 1.807) is 0 Å². The number of aliphatic hydroxyl groups is 1. The molecule has 4 rings (SSSR count). The monoisotopic (exact) mass is 254 g/mol. The molecule has 3 heteroatoms. The van der Waals surface area contributed by atoms with Gasteiger partial charge in [-0.3, -0.25) is 0 Å². The van der Waals surface area contributed by atoms with Gasteiger partial charge >= 0.3 is 0 Å². The average molecular weight is 254 g/mol. The molecular weight excluding hydrogens is 236 g/mol. The Labute approximate surface area is 112 Å². The summed E-state index contributed by atoms with van der Waals surface area (Å²) in [7, 11) is 0. The summed E-state index contributed by atoms with van der Waals surface area (Å²) in [6.07, 6.45) is 5.43. The van der Waals surface area contributed by atoms with Crippen molar-refractivity contribution in [1.29, 1.82) is 0 Å². The Morgan fingerprint density at radius 2 is 2.00 bits per heavy atom. The topological polar surface area (TPSA) is 38.1 Å². The predicted molar refractivity (Wildman–Crippen MR) is 73.8 cm³/mol. The van der Waals surface area contributed by atoms with Crippen LogP contribution in [0.4, 0.5) is 0 Å². The van der Waals surface area contributed by atoms with Gasteiger partial charge in [0.15, 0.2) is 0 Å². The molecule has 2 aromatic rings. The van der Waals surface area contributed by atoms with Gasteiger partial charge in [0, 0.05) is 5.56 Å². The molecule has 0 bridgehead atoms. The molecule has 0 amide bonds. The lowest BCUT2D eigenvalue weighted by Gasteiger charge is -2.53. The van der Waals surface area contributed by atoms with Crippen molar-refractivity contribution in [2.24, 2.45) is 5.41 Å². The molecule has 1 aromatic heterocycles. The summed E-state index contributed by atoms with van der Waals surface area (Å²) in [4.78, 5) is 4.25. The van der Waals surface area contributed by atoms with E-state index < -0.39 is 5.60 Å². The first-order valence-electron chi connectivity index (χ1n) is 6.84. The van der Waals surface area contributed by atoms with E-state index in [-0.39, 0.29) is 11.5 Å². The molecule has 1 aliphatic carbocycles. The van der Waals surface area contributed by atoms with E-state index in [1.807, 2.05) is 18.6 Å². The van der Waals surface area contributed by atoms with Gasteiger partial charge in [0.25, 0.3) is 0 Å². The summed E-state index contributed by atoms with van der Waals surface area (Å²) in [5.41, 5.74) is 3.18. The van der Waals surface area contributed by atoms with Crippen LogP contribution < -0.4 is 0 Å². The molecule has 19 heavy (non-hydrogen) atoms. The first-order chi connectivity index (χ1) is 9.00. The molecule has 98 valence electrons. The van der Waals surface area contributed by atoms with Crippen molar-refractivity contribution in [2.75, 3.05) is 0 Å². The molecule has 1 fully saturated rings.